The number of benzene rings is 7. The van der Waals surface area contributed by atoms with Crippen LogP contribution in [0.2, 0.25) is 45.2 Å². The lowest BCUT2D eigenvalue weighted by Crippen LogP contribution is -2.50. The minimum absolute atomic E-state index is 0.0161. The lowest BCUT2D eigenvalue weighted by molar-refractivity contribution is -0.134. The zero-order valence-corrected chi connectivity index (χ0v) is 71.1. The Hall–Kier alpha value is -6.27. The summed E-state index contributed by atoms with van der Waals surface area (Å²) in [5.74, 6) is -0.278. The maximum absolute atomic E-state index is 13.7. The molecule has 0 bridgehead atoms. The molecule has 0 saturated carbocycles. The molecule has 27 heteroatoms. The quantitative estimate of drug-likeness (QED) is 0.0297. The minimum Gasteiger partial charge on any atom is -0.351 e. The second-order valence-corrected chi connectivity index (χ2v) is 34.4. The number of carbonyl (C=O) groups excluding carboxylic acids is 6. The number of fused-ring (bicyclic) bond motifs is 1. The Kier molecular flexibility index (Phi) is 35.0. The normalized spacial score (nSPS) is 20.9. The highest BCUT2D eigenvalue weighted by molar-refractivity contribution is 6.42. The standard InChI is InChI=1S/C31H36Cl2N4O2.C29H35Cl3N4O2.C27H32Cl4N4O2/c32-26-16-22(17-27(33)19-26)21-37-15-10-28(35-29(31(37)39)11-14-36-12-4-1-5-13-36)20-34-30(38)25-9-8-23-6-2-3-7-24(23)18-25;30-23-7-4-21(5-8-23)6-9-28(37)33-19-26-10-15-36(20-22-16-24(31)18-25(32)17-22)29(38)27(34-26)11-14-35-12-2-1-3-13-35;28-20-12-18(13-21(29)15-20)17-35-11-6-22(16-32-26(36)19-4-5-23(30)24(31)14-19)33-25(27(35)37)7-10-34-8-2-1-3-9-34/h2-3,6-9,16-19,28-29,35H,1,4-5,10-15,20-21H2,(H,34,38);4-9,16-18,26-27,34H,1-3,10-15,19-20H2,(H,33,37);4-5,12-15,22,25,33H,1-3,6-11,16-17H2,(H,32,36)/b;9-6+;/t28-,29-;26-,27-;22-,25-/m000/s1. The second kappa shape index (κ2) is 45.1. The molecule has 0 spiro atoms. The van der Waals surface area contributed by atoms with E-state index in [1.165, 1.54) is 63.9 Å². The van der Waals surface area contributed by atoms with Gasteiger partial charge < -0.3 is 61.3 Å². The molecule has 6 heterocycles. The van der Waals surface area contributed by atoms with E-state index in [2.05, 4.69) is 46.6 Å². The van der Waals surface area contributed by atoms with Gasteiger partial charge in [-0.05, 0) is 252 Å². The van der Waals surface area contributed by atoms with Crippen molar-refractivity contribution < 1.29 is 28.8 Å². The molecular weight excluding hydrogens is 1630 g/mol. The topological polar surface area (TPSA) is 194 Å². The molecule has 18 nitrogen and oxygen atoms in total. The van der Waals surface area contributed by atoms with Crippen LogP contribution in [0.25, 0.3) is 16.8 Å². The number of nitrogens with one attached hydrogen (secondary N) is 6. The SMILES string of the molecule is O=C(/C=C/c1ccc(Cl)cc1)NC[C@@H]1CCN(Cc2cc(Cl)cc(Cl)c2)C(=O)[C@H](CCN2CCCCC2)N1.O=C(NC[C@@H]1CCN(Cc2cc(Cl)cc(Cl)c2)C(=O)[C@H](CCN2CCCCC2)N1)c1ccc(Cl)c(Cl)c1.O=C(NC[C@@H]1CCN(Cc2cc(Cl)cc(Cl)c2)C(=O)[C@H](CCN2CCCCC2)N1)c1ccc2ccccc2c1. The number of amides is 6. The number of halogens is 9. The molecule has 6 atom stereocenters. The van der Waals surface area contributed by atoms with Crippen LogP contribution in [0.3, 0.4) is 0 Å². The summed E-state index contributed by atoms with van der Waals surface area (Å²) < 4.78 is 0. The third-order valence-corrected chi connectivity index (χ3v) is 24.1. The Bertz CT molecular complexity index is 4350. The van der Waals surface area contributed by atoms with Crippen LogP contribution in [0.1, 0.15) is 139 Å². The fourth-order valence-corrected chi connectivity index (χ4v) is 17.8. The van der Waals surface area contributed by atoms with Crippen LogP contribution in [0.15, 0.2) is 146 Å². The van der Waals surface area contributed by atoms with Crippen LogP contribution >= 0.6 is 104 Å². The predicted molar refractivity (Wildman–Crippen MR) is 465 cm³/mol. The van der Waals surface area contributed by atoms with Gasteiger partial charge in [-0.25, -0.2) is 0 Å². The van der Waals surface area contributed by atoms with Crippen LogP contribution in [-0.2, 0) is 38.8 Å². The van der Waals surface area contributed by atoms with Gasteiger partial charge in [0.15, 0.2) is 0 Å². The van der Waals surface area contributed by atoms with E-state index in [9.17, 15) is 28.8 Å². The first kappa shape index (κ1) is 88.5. The zero-order chi connectivity index (χ0) is 80.5. The third-order valence-electron chi connectivity index (χ3n) is 21.8. The molecule has 6 N–H and O–H groups in total. The van der Waals surface area contributed by atoms with Crippen molar-refractivity contribution in [1.82, 2.24) is 61.3 Å². The van der Waals surface area contributed by atoms with Crippen LogP contribution in [0.5, 0.6) is 0 Å². The maximum Gasteiger partial charge on any atom is 0.251 e. The molecular formula is C87H103Cl9N12O6. The van der Waals surface area contributed by atoms with Crippen molar-refractivity contribution in [2.24, 2.45) is 0 Å². The summed E-state index contributed by atoms with van der Waals surface area (Å²) in [5.41, 5.74) is 4.70. The van der Waals surface area contributed by atoms with Crippen LogP contribution in [0.4, 0.5) is 0 Å². The van der Waals surface area contributed by atoms with Crippen LogP contribution in [-0.4, -0.2) is 199 Å². The van der Waals surface area contributed by atoms with Crippen molar-refractivity contribution in [2.75, 3.05) is 98.2 Å². The fourth-order valence-electron chi connectivity index (χ4n) is 15.7. The van der Waals surface area contributed by atoms with Gasteiger partial charge in [0.2, 0.25) is 23.6 Å². The van der Waals surface area contributed by atoms with E-state index in [0.29, 0.717) is 128 Å². The minimum atomic E-state index is -0.342. The lowest BCUT2D eigenvalue weighted by Gasteiger charge is -2.30. The van der Waals surface area contributed by atoms with E-state index in [1.807, 2.05) is 106 Å². The summed E-state index contributed by atoms with van der Waals surface area (Å²) >= 11 is 55.3. The van der Waals surface area contributed by atoms with Gasteiger partial charge in [0, 0.05) is 149 Å². The van der Waals surface area contributed by atoms with Gasteiger partial charge in [0.25, 0.3) is 11.8 Å². The monoisotopic (exact) mass is 1730 g/mol. The lowest BCUT2D eigenvalue weighted by atomic mass is 10.1. The highest BCUT2D eigenvalue weighted by Gasteiger charge is 2.36. The van der Waals surface area contributed by atoms with Gasteiger partial charge in [-0.3, -0.25) is 28.8 Å². The van der Waals surface area contributed by atoms with Gasteiger partial charge in [0.1, 0.15) is 0 Å². The Morgan fingerprint density at radius 1 is 0.368 bits per heavy atom. The van der Waals surface area contributed by atoms with Gasteiger partial charge in [-0.2, -0.15) is 0 Å². The molecule has 114 heavy (non-hydrogen) atoms. The Morgan fingerprint density at radius 3 is 1.11 bits per heavy atom. The summed E-state index contributed by atoms with van der Waals surface area (Å²) in [6, 6.07) is 41.0. The number of piperidine rings is 3. The average Bonchev–Trinajstić information content (AvgIpc) is 1.38. The second-order valence-electron chi connectivity index (χ2n) is 30.5. The van der Waals surface area contributed by atoms with E-state index in [0.717, 1.165) is 118 Å². The summed E-state index contributed by atoms with van der Waals surface area (Å²) in [7, 11) is 0. The van der Waals surface area contributed by atoms with Gasteiger partial charge in [-0.1, -0.05) is 166 Å². The molecule has 6 aliphatic rings. The van der Waals surface area contributed by atoms with E-state index in [4.69, 9.17) is 104 Å². The molecule has 610 valence electrons. The van der Waals surface area contributed by atoms with E-state index in [1.54, 1.807) is 54.6 Å². The number of nitrogens with zero attached hydrogens (tertiary/aromatic N) is 6. The zero-order valence-electron chi connectivity index (χ0n) is 64.3. The van der Waals surface area contributed by atoms with Crippen molar-refractivity contribution in [2.45, 2.75) is 152 Å². The van der Waals surface area contributed by atoms with Gasteiger partial charge >= 0.3 is 0 Å². The number of rotatable bonds is 25. The molecule has 0 aromatic heterocycles. The van der Waals surface area contributed by atoms with E-state index >= 15 is 0 Å². The van der Waals surface area contributed by atoms with E-state index < -0.39 is 0 Å². The number of hydrogen-bond donors (Lipinski definition) is 6. The average molecular weight is 1730 g/mol. The van der Waals surface area contributed by atoms with Crippen molar-refractivity contribution in [1.29, 1.82) is 0 Å². The predicted octanol–water partition coefficient (Wildman–Crippen LogP) is 16.6. The van der Waals surface area contributed by atoms with Crippen molar-refractivity contribution in [3.05, 3.63) is 224 Å². The van der Waals surface area contributed by atoms with Crippen LogP contribution in [0, 0.1) is 0 Å². The Balaban J connectivity index is 0.000000169. The summed E-state index contributed by atoms with van der Waals surface area (Å²) in [5, 5.41) is 26.7. The number of carbonyl (C=O) groups is 6. The molecule has 0 unspecified atom stereocenters. The molecule has 0 radical (unpaired) electrons. The molecule has 6 fully saturated rings. The van der Waals surface area contributed by atoms with Crippen molar-refractivity contribution in [3.8, 4) is 0 Å². The van der Waals surface area contributed by atoms with Crippen molar-refractivity contribution >= 4 is 157 Å². The van der Waals surface area contributed by atoms with Crippen LogP contribution < -0.4 is 31.9 Å². The first-order valence-electron chi connectivity index (χ1n) is 40.0. The van der Waals surface area contributed by atoms with Crippen molar-refractivity contribution in [3.63, 3.8) is 0 Å². The molecule has 6 saturated heterocycles. The van der Waals surface area contributed by atoms with Gasteiger partial charge in [-0.15, -0.1) is 0 Å². The molecule has 7 aromatic carbocycles. The van der Waals surface area contributed by atoms with Gasteiger partial charge in [0.05, 0.1) is 28.2 Å². The number of hydrogen-bond acceptors (Lipinski definition) is 12. The molecule has 6 aliphatic heterocycles. The largest absolute Gasteiger partial charge is 0.351 e. The Labute approximate surface area is 715 Å². The molecule has 13 rings (SSSR count). The first-order valence-corrected chi connectivity index (χ1v) is 43.4. The summed E-state index contributed by atoms with van der Waals surface area (Å²) in [6.07, 6.45) is 18.7. The maximum atomic E-state index is 13.7. The molecule has 0 aliphatic carbocycles. The third kappa shape index (κ3) is 28.2. The summed E-state index contributed by atoms with van der Waals surface area (Å²) in [4.78, 5) is 92.2. The fraction of sp³-hybridized carbons (Fsp3) is 0.448. The smallest absolute Gasteiger partial charge is 0.251 e. The van der Waals surface area contributed by atoms with E-state index in [-0.39, 0.29) is 71.7 Å². The highest BCUT2D eigenvalue weighted by atomic mass is 35.5. The first-order chi connectivity index (χ1) is 55.1. The number of likely N-dealkylation sites (tertiary alicyclic amines) is 3. The Morgan fingerprint density at radius 2 is 0.728 bits per heavy atom. The highest BCUT2D eigenvalue weighted by Crippen LogP contribution is 2.29. The summed E-state index contributed by atoms with van der Waals surface area (Å²) in [6.45, 7) is 13.5. The molecule has 6 amide bonds. The molecule has 7 aromatic rings.